The van der Waals surface area contributed by atoms with Crippen LogP contribution in [0.1, 0.15) is 29.9 Å². The normalized spacial score (nSPS) is 18.2. The van der Waals surface area contributed by atoms with Crippen LogP contribution in [-0.4, -0.2) is 50.0 Å². The van der Waals surface area contributed by atoms with Crippen LogP contribution in [0.15, 0.2) is 28.8 Å². The number of amides is 1. The molecule has 0 saturated carbocycles. The van der Waals surface area contributed by atoms with E-state index < -0.39 is 5.60 Å². The van der Waals surface area contributed by atoms with Crippen LogP contribution in [0.3, 0.4) is 0 Å². The van der Waals surface area contributed by atoms with Gasteiger partial charge in [-0.05, 0) is 43.2 Å². The molecule has 0 N–H and O–H groups in total. The predicted octanol–water partition coefficient (Wildman–Crippen LogP) is 1.65. The summed E-state index contributed by atoms with van der Waals surface area (Å²) in [6, 6.07) is 1.81. The fraction of sp³-hybridized carbons (Fsp3) is 0.450. The highest BCUT2D eigenvalue weighted by Gasteiger charge is 2.43. The number of aryl methyl sites for hydroxylation is 1. The topological polar surface area (TPSA) is 90.2 Å². The number of hydrogen-bond donors (Lipinski definition) is 0. The van der Waals surface area contributed by atoms with Gasteiger partial charge in [-0.1, -0.05) is 0 Å². The Hall–Kier alpha value is -2.65. The highest BCUT2D eigenvalue weighted by molar-refractivity contribution is 7.17. The zero-order valence-corrected chi connectivity index (χ0v) is 16.9. The second-order valence-corrected chi connectivity index (χ2v) is 8.49. The van der Waals surface area contributed by atoms with Crippen LogP contribution in [-0.2, 0) is 28.1 Å². The van der Waals surface area contributed by atoms with Gasteiger partial charge in [0, 0.05) is 19.3 Å². The number of nitrogens with zero attached hydrogens (tertiary/aromatic N) is 5. The summed E-state index contributed by atoms with van der Waals surface area (Å²) in [5.74, 6) is 0.664. The first-order chi connectivity index (χ1) is 14.1. The van der Waals surface area contributed by atoms with E-state index in [0.29, 0.717) is 42.8 Å². The minimum atomic E-state index is -0.438. The Morgan fingerprint density at radius 3 is 2.97 bits per heavy atom. The minimum Gasteiger partial charge on any atom is -0.368 e. The molecule has 0 unspecified atom stereocenters. The largest absolute Gasteiger partial charge is 0.368 e. The van der Waals surface area contributed by atoms with Gasteiger partial charge >= 0.3 is 0 Å². The molecule has 1 saturated heterocycles. The van der Waals surface area contributed by atoms with Crippen molar-refractivity contribution >= 4 is 27.5 Å². The van der Waals surface area contributed by atoms with Gasteiger partial charge in [-0.15, -0.1) is 11.3 Å². The highest BCUT2D eigenvalue weighted by atomic mass is 32.1. The molecule has 1 spiro atoms. The van der Waals surface area contributed by atoms with Crippen molar-refractivity contribution in [1.82, 2.24) is 24.4 Å². The maximum absolute atomic E-state index is 12.8. The number of piperidine rings is 1. The summed E-state index contributed by atoms with van der Waals surface area (Å²) in [6.45, 7) is 3.69. The lowest BCUT2D eigenvalue weighted by Gasteiger charge is -2.44. The predicted molar refractivity (Wildman–Crippen MR) is 108 cm³/mol. The maximum Gasteiger partial charge on any atom is 0.271 e. The number of hydrogen-bond acceptors (Lipinski definition) is 7. The molecule has 9 heteroatoms. The first-order valence-corrected chi connectivity index (χ1v) is 10.6. The van der Waals surface area contributed by atoms with Crippen LogP contribution in [0.4, 0.5) is 0 Å². The summed E-state index contributed by atoms with van der Waals surface area (Å²) in [5, 5.41) is 1.84. The van der Waals surface area contributed by atoms with E-state index in [1.807, 2.05) is 29.5 Å². The molecule has 8 nitrogen and oxygen atoms in total. The molecule has 2 aliphatic heterocycles. The maximum atomic E-state index is 12.8. The monoisotopic (exact) mass is 411 g/mol. The van der Waals surface area contributed by atoms with Crippen molar-refractivity contribution in [2.45, 2.75) is 38.3 Å². The van der Waals surface area contributed by atoms with Crippen molar-refractivity contribution in [3.05, 3.63) is 51.4 Å². The number of rotatable bonds is 2. The van der Waals surface area contributed by atoms with Crippen LogP contribution in [0.25, 0.3) is 10.2 Å². The first kappa shape index (κ1) is 18.4. The van der Waals surface area contributed by atoms with Gasteiger partial charge in [0.1, 0.15) is 22.7 Å². The summed E-state index contributed by atoms with van der Waals surface area (Å²) in [6.07, 6.45) is 5.57. The Labute approximate surface area is 171 Å². The quantitative estimate of drug-likeness (QED) is 0.637. The lowest BCUT2D eigenvalue weighted by Crippen LogP contribution is -2.50. The van der Waals surface area contributed by atoms with Gasteiger partial charge < -0.3 is 9.64 Å². The fourth-order valence-electron chi connectivity index (χ4n) is 4.23. The molecule has 0 atom stereocenters. The van der Waals surface area contributed by atoms with Gasteiger partial charge in [0.15, 0.2) is 0 Å². The van der Waals surface area contributed by atoms with E-state index in [0.717, 1.165) is 23.5 Å². The molecule has 3 aromatic rings. The van der Waals surface area contributed by atoms with Crippen LogP contribution < -0.4 is 5.56 Å². The minimum absolute atomic E-state index is 0.00535. The molecule has 0 radical (unpaired) electrons. The van der Waals surface area contributed by atoms with E-state index in [9.17, 15) is 9.59 Å². The molecule has 3 aromatic heterocycles. The van der Waals surface area contributed by atoms with Crippen molar-refractivity contribution in [2.75, 3.05) is 19.7 Å². The van der Waals surface area contributed by atoms with E-state index in [1.165, 1.54) is 22.2 Å². The fourth-order valence-corrected chi connectivity index (χ4v) is 5.03. The van der Waals surface area contributed by atoms with E-state index >= 15 is 0 Å². The third kappa shape index (κ3) is 3.14. The van der Waals surface area contributed by atoms with Crippen molar-refractivity contribution in [3.63, 3.8) is 0 Å². The van der Waals surface area contributed by atoms with Crippen LogP contribution in [0, 0.1) is 6.92 Å². The molecule has 150 valence electrons. The van der Waals surface area contributed by atoms with E-state index in [2.05, 4.69) is 15.0 Å². The summed E-state index contributed by atoms with van der Waals surface area (Å²) >= 11 is 1.35. The number of carbonyl (C=O) groups excluding carboxylic acids is 1. The molecule has 29 heavy (non-hydrogen) atoms. The van der Waals surface area contributed by atoms with Crippen molar-refractivity contribution < 1.29 is 9.53 Å². The number of carbonyl (C=O) groups is 1. The third-order valence-electron chi connectivity index (χ3n) is 5.83. The Bertz CT molecular complexity index is 1150. The summed E-state index contributed by atoms with van der Waals surface area (Å²) in [7, 11) is 0. The van der Waals surface area contributed by atoms with Gasteiger partial charge in [-0.3, -0.25) is 14.2 Å². The molecule has 2 aliphatic rings. The summed E-state index contributed by atoms with van der Waals surface area (Å²) in [4.78, 5) is 40.5. The van der Waals surface area contributed by atoms with Crippen LogP contribution >= 0.6 is 11.3 Å². The highest BCUT2D eigenvalue weighted by Crippen LogP contribution is 2.40. The second kappa shape index (κ2) is 7.00. The van der Waals surface area contributed by atoms with Crippen molar-refractivity contribution in [2.24, 2.45) is 0 Å². The van der Waals surface area contributed by atoms with Crippen molar-refractivity contribution in [1.29, 1.82) is 0 Å². The standard InChI is InChI=1S/C20H21N5O3S/c1-13-21-10-14-2-8-28-20(18(14)23-13)4-6-24(7-5-20)16(26)11-25-12-22-15-3-9-29-17(15)19(25)27/h3,9-10,12H,2,4-8,11H2,1H3. The molecule has 0 aliphatic carbocycles. The van der Waals surface area contributed by atoms with E-state index in [1.54, 1.807) is 0 Å². The zero-order valence-electron chi connectivity index (χ0n) is 16.1. The average Bonchev–Trinajstić information content (AvgIpc) is 3.21. The molecular formula is C20H21N5O3S. The van der Waals surface area contributed by atoms with Gasteiger partial charge in [-0.2, -0.15) is 0 Å². The molecule has 0 aromatic carbocycles. The number of aromatic nitrogens is 4. The molecular weight excluding hydrogens is 390 g/mol. The number of fused-ring (bicyclic) bond motifs is 3. The molecule has 1 fully saturated rings. The number of likely N-dealkylation sites (tertiary alicyclic amines) is 1. The molecule has 5 heterocycles. The first-order valence-electron chi connectivity index (χ1n) is 9.73. The Kier molecular flexibility index (Phi) is 4.44. The lowest BCUT2D eigenvalue weighted by atomic mass is 9.83. The molecule has 5 rings (SSSR count). The second-order valence-electron chi connectivity index (χ2n) is 7.58. The van der Waals surface area contributed by atoms with Crippen molar-refractivity contribution in [3.8, 4) is 0 Å². The average molecular weight is 411 g/mol. The third-order valence-corrected chi connectivity index (χ3v) is 6.72. The number of ether oxygens (including phenoxy) is 1. The zero-order chi connectivity index (χ0) is 20.0. The van der Waals surface area contributed by atoms with Gasteiger partial charge in [-0.25, -0.2) is 15.0 Å². The van der Waals surface area contributed by atoms with Crippen LogP contribution in [0.5, 0.6) is 0 Å². The van der Waals surface area contributed by atoms with Gasteiger partial charge in [0.05, 0.1) is 24.1 Å². The number of thiophene rings is 1. The lowest BCUT2D eigenvalue weighted by molar-refractivity contribution is -0.141. The SMILES string of the molecule is Cc1ncc2c(n1)C1(CCN(C(=O)Cn3cnc4ccsc4c3=O)CC1)OCC2. The summed E-state index contributed by atoms with van der Waals surface area (Å²) < 4.78 is 8.18. The smallest absolute Gasteiger partial charge is 0.271 e. The van der Waals surface area contributed by atoms with E-state index in [-0.39, 0.29) is 18.0 Å². The molecule has 1 amide bonds. The van der Waals surface area contributed by atoms with Gasteiger partial charge in [0.25, 0.3) is 5.56 Å². The van der Waals surface area contributed by atoms with E-state index in [4.69, 9.17) is 4.74 Å². The van der Waals surface area contributed by atoms with Gasteiger partial charge in [0.2, 0.25) is 5.91 Å². The molecule has 0 bridgehead atoms. The summed E-state index contributed by atoms with van der Waals surface area (Å²) in [5.41, 5.74) is 2.19. The Morgan fingerprint density at radius 1 is 1.31 bits per heavy atom. The van der Waals surface area contributed by atoms with Crippen LogP contribution in [0.2, 0.25) is 0 Å². The Balaban J connectivity index is 1.32. The Morgan fingerprint density at radius 2 is 2.14 bits per heavy atom.